The highest BCUT2D eigenvalue weighted by molar-refractivity contribution is 9.09. The molecular formula is C10H17Br. The molecule has 0 spiro atoms. The largest absolute Gasteiger partial charge is 0.0891 e. The molecule has 1 aliphatic rings. The van der Waals surface area contributed by atoms with E-state index in [4.69, 9.17) is 0 Å². The Morgan fingerprint density at radius 2 is 1.73 bits per heavy atom. The van der Waals surface area contributed by atoms with Crippen LogP contribution in [0.25, 0.3) is 0 Å². The minimum Gasteiger partial charge on any atom is -0.0891 e. The number of rotatable bonds is 0. The summed E-state index contributed by atoms with van der Waals surface area (Å²) in [5.74, 6) is 0. The van der Waals surface area contributed by atoms with Gasteiger partial charge >= 0.3 is 0 Å². The van der Waals surface area contributed by atoms with Gasteiger partial charge < -0.3 is 0 Å². The van der Waals surface area contributed by atoms with E-state index in [-0.39, 0.29) is 0 Å². The Balaban J connectivity index is 2.24. The number of allylic oxidation sites excluding steroid dienone is 2. The molecule has 0 amide bonds. The van der Waals surface area contributed by atoms with Gasteiger partial charge in [0.25, 0.3) is 0 Å². The van der Waals surface area contributed by atoms with Gasteiger partial charge in [-0.3, -0.25) is 0 Å². The number of halogens is 1. The summed E-state index contributed by atoms with van der Waals surface area (Å²) in [6, 6.07) is 0. The molecule has 1 rings (SSSR count). The van der Waals surface area contributed by atoms with E-state index in [0.29, 0.717) is 0 Å². The standard InChI is InChI=1S/C10H17Br/c11-10-8-6-4-2-1-3-5-7-9-10/h2,4,10H,1,3,5-9H2/b4-2-. The molecule has 1 unspecified atom stereocenters. The highest BCUT2D eigenvalue weighted by Gasteiger charge is 2.02. The molecular weight excluding hydrogens is 200 g/mol. The molecule has 0 heterocycles. The van der Waals surface area contributed by atoms with Crippen molar-refractivity contribution in [3.8, 4) is 0 Å². The predicted octanol–water partition coefficient (Wildman–Crippen LogP) is 4.05. The molecule has 0 radical (unpaired) electrons. The first-order valence-electron chi connectivity index (χ1n) is 4.68. The smallest absolute Gasteiger partial charge is 0.0148 e. The Hall–Kier alpha value is 0.220. The maximum Gasteiger partial charge on any atom is 0.0148 e. The highest BCUT2D eigenvalue weighted by atomic mass is 79.9. The summed E-state index contributed by atoms with van der Waals surface area (Å²) in [5.41, 5.74) is 0. The van der Waals surface area contributed by atoms with Gasteiger partial charge in [-0.15, -0.1) is 0 Å². The van der Waals surface area contributed by atoms with E-state index < -0.39 is 0 Å². The van der Waals surface area contributed by atoms with Gasteiger partial charge in [0, 0.05) is 4.83 Å². The second-order valence-corrected chi connectivity index (χ2v) is 4.58. The maximum absolute atomic E-state index is 3.70. The van der Waals surface area contributed by atoms with Gasteiger partial charge in [0.2, 0.25) is 0 Å². The molecule has 0 aromatic carbocycles. The van der Waals surface area contributed by atoms with Gasteiger partial charge in [0.15, 0.2) is 0 Å². The van der Waals surface area contributed by atoms with Crippen molar-refractivity contribution in [2.24, 2.45) is 0 Å². The molecule has 0 saturated heterocycles. The molecule has 0 aliphatic heterocycles. The van der Waals surface area contributed by atoms with Crippen LogP contribution in [-0.4, -0.2) is 4.83 Å². The predicted molar refractivity (Wildman–Crippen MR) is 54.2 cm³/mol. The third kappa shape index (κ3) is 4.62. The van der Waals surface area contributed by atoms with Crippen molar-refractivity contribution in [1.82, 2.24) is 0 Å². The molecule has 0 saturated carbocycles. The van der Waals surface area contributed by atoms with Crippen LogP contribution in [0.4, 0.5) is 0 Å². The summed E-state index contributed by atoms with van der Waals surface area (Å²) in [7, 11) is 0. The summed E-state index contributed by atoms with van der Waals surface area (Å²) in [4.78, 5) is 0.769. The molecule has 1 heteroatoms. The average molecular weight is 217 g/mol. The molecule has 1 aliphatic carbocycles. The molecule has 0 aromatic rings. The van der Waals surface area contributed by atoms with Crippen molar-refractivity contribution in [2.45, 2.75) is 49.8 Å². The summed E-state index contributed by atoms with van der Waals surface area (Å²) in [6.07, 6.45) is 14.1. The van der Waals surface area contributed by atoms with Crippen LogP contribution in [0.3, 0.4) is 0 Å². The van der Waals surface area contributed by atoms with Crippen LogP contribution in [0.5, 0.6) is 0 Å². The zero-order valence-corrected chi connectivity index (χ0v) is 8.65. The normalized spacial score (nSPS) is 31.2. The Morgan fingerprint density at radius 1 is 0.909 bits per heavy atom. The van der Waals surface area contributed by atoms with Crippen LogP contribution in [-0.2, 0) is 0 Å². The Labute approximate surface area is 78.2 Å². The maximum atomic E-state index is 3.70. The molecule has 1 atom stereocenters. The van der Waals surface area contributed by atoms with Crippen LogP contribution in [0, 0.1) is 0 Å². The lowest BCUT2D eigenvalue weighted by Crippen LogP contribution is -1.97. The molecule has 0 fully saturated rings. The molecule has 0 N–H and O–H groups in total. The van der Waals surface area contributed by atoms with Crippen molar-refractivity contribution in [2.75, 3.05) is 0 Å². The first-order chi connectivity index (χ1) is 5.39. The van der Waals surface area contributed by atoms with Gasteiger partial charge in [0.05, 0.1) is 0 Å². The Bertz CT molecular complexity index is 118. The lowest BCUT2D eigenvalue weighted by Gasteiger charge is -2.08. The van der Waals surface area contributed by atoms with Crippen molar-refractivity contribution in [3.63, 3.8) is 0 Å². The fourth-order valence-electron chi connectivity index (χ4n) is 1.46. The fourth-order valence-corrected chi connectivity index (χ4v) is 2.05. The monoisotopic (exact) mass is 216 g/mol. The summed E-state index contributed by atoms with van der Waals surface area (Å²) in [5, 5.41) is 0. The minimum atomic E-state index is 0.769. The van der Waals surface area contributed by atoms with Gasteiger partial charge in [-0.05, 0) is 32.1 Å². The quantitative estimate of drug-likeness (QED) is 0.424. The molecule has 0 aromatic heterocycles. The van der Waals surface area contributed by atoms with Crippen LogP contribution in [0.2, 0.25) is 0 Å². The zero-order chi connectivity index (χ0) is 7.94. The van der Waals surface area contributed by atoms with E-state index >= 15 is 0 Å². The number of hydrogen-bond donors (Lipinski definition) is 0. The molecule has 64 valence electrons. The van der Waals surface area contributed by atoms with Crippen molar-refractivity contribution >= 4 is 15.9 Å². The topological polar surface area (TPSA) is 0 Å². The van der Waals surface area contributed by atoms with E-state index in [2.05, 4.69) is 28.1 Å². The summed E-state index contributed by atoms with van der Waals surface area (Å²) >= 11 is 3.70. The van der Waals surface area contributed by atoms with E-state index in [1.165, 1.54) is 44.9 Å². The molecule has 0 nitrogen and oxygen atoms in total. The van der Waals surface area contributed by atoms with Gasteiger partial charge in [-0.2, -0.15) is 0 Å². The Kier molecular flexibility index (Phi) is 4.92. The van der Waals surface area contributed by atoms with E-state index in [1.807, 2.05) is 0 Å². The summed E-state index contributed by atoms with van der Waals surface area (Å²) < 4.78 is 0. The lowest BCUT2D eigenvalue weighted by atomic mass is 10.1. The van der Waals surface area contributed by atoms with Crippen molar-refractivity contribution < 1.29 is 0 Å². The fraction of sp³-hybridized carbons (Fsp3) is 0.800. The molecule has 11 heavy (non-hydrogen) atoms. The third-order valence-electron chi connectivity index (χ3n) is 2.20. The zero-order valence-electron chi connectivity index (χ0n) is 7.06. The average Bonchev–Trinajstić information content (AvgIpc) is 2.03. The van der Waals surface area contributed by atoms with Crippen LogP contribution < -0.4 is 0 Å². The molecule has 0 bridgehead atoms. The Morgan fingerprint density at radius 3 is 2.64 bits per heavy atom. The lowest BCUT2D eigenvalue weighted by molar-refractivity contribution is 0.608. The SMILES string of the molecule is BrC1CC/C=C\CCCCC1. The van der Waals surface area contributed by atoms with Crippen molar-refractivity contribution in [3.05, 3.63) is 12.2 Å². The van der Waals surface area contributed by atoms with Crippen molar-refractivity contribution in [1.29, 1.82) is 0 Å². The number of alkyl halides is 1. The minimum absolute atomic E-state index is 0.769. The number of hydrogen-bond acceptors (Lipinski definition) is 0. The first-order valence-corrected chi connectivity index (χ1v) is 5.60. The second kappa shape index (κ2) is 5.82. The van der Waals surface area contributed by atoms with Gasteiger partial charge in [-0.1, -0.05) is 40.9 Å². The van der Waals surface area contributed by atoms with E-state index in [1.54, 1.807) is 0 Å². The summed E-state index contributed by atoms with van der Waals surface area (Å²) in [6.45, 7) is 0. The van der Waals surface area contributed by atoms with Crippen LogP contribution in [0.15, 0.2) is 12.2 Å². The van der Waals surface area contributed by atoms with Gasteiger partial charge in [0.1, 0.15) is 0 Å². The van der Waals surface area contributed by atoms with E-state index in [9.17, 15) is 0 Å². The first kappa shape index (κ1) is 9.31. The third-order valence-corrected chi connectivity index (χ3v) is 3.12. The van der Waals surface area contributed by atoms with Gasteiger partial charge in [-0.25, -0.2) is 0 Å². The highest BCUT2D eigenvalue weighted by Crippen LogP contribution is 2.18. The van der Waals surface area contributed by atoms with Crippen LogP contribution >= 0.6 is 15.9 Å². The van der Waals surface area contributed by atoms with Crippen LogP contribution in [0.1, 0.15) is 44.9 Å². The second-order valence-electron chi connectivity index (χ2n) is 3.28. The van der Waals surface area contributed by atoms with E-state index in [0.717, 1.165) is 4.83 Å².